The Bertz CT molecular complexity index is 545. The van der Waals surface area contributed by atoms with Gasteiger partial charge in [-0.1, -0.05) is 6.92 Å². The fourth-order valence-electron chi connectivity index (χ4n) is 1.35. The standard InChI is InChI=1S/C11H18N4O3S/c1-3-5-14-9-4-6-13-7-10(9)19(17,18)15-8(2)11(12)16/h4,6-8,15H,3,5H2,1-2H3,(H2,12,16)(H,13,14). The lowest BCUT2D eigenvalue weighted by atomic mass is 10.4. The van der Waals surface area contributed by atoms with Gasteiger partial charge in [-0.2, -0.15) is 4.72 Å². The third-order valence-electron chi connectivity index (χ3n) is 2.40. The Balaban J connectivity index is 3.03. The van der Waals surface area contributed by atoms with Gasteiger partial charge in [-0.15, -0.1) is 0 Å². The molecule has 1 aromatic rings. The van der Waals surface area contributed by atoms with E-state index in [9.17, 15) is 13.2 Å². The SMILES string of the molecule is CCCNc1ccncc1S(=O)(=O)NC(C)C(N)=O. The van der Waals surface area contributed by atoms with Gasteiger partial charge in [0.1, 0.15) is 4.90 Å². The number of sulfonamides is 1. The Morgan fingerprint density at radius 1 is 1.53 bits per heavy atom. The van der Waals surface area contributed by atoms with Gasteiger partial charge in [0.15, 0.2) is 0 Å². The molecule has 8 heteroatoms. The van der Waals surface area contributed by atoms with Crippen LogP contribution in [0.2, 0.25) is 0 Å². The van der Waals surface area contributed by atoms with Crippen LogP contribution in [0.5, 0.6) is 0 Å². The van der Waals surface area contributed by atoms with Crippen molar-refractivity contribution in [2.24, 2.45) is 5.73 Å². The van der Waals surface area contributed by atoms with Crippen LogP contribution in [-0.4, -0.2) is 31.9 Å². The second-order valence-electron chi connectivity index (χ2n) is 4.04. The van der Waals surface area contributed by atoms with Crippen LogP contribution in [0.15, 0.2) is 23.4 Å². The van der Waals surface area contributed by atoms with Crippen molar-refractivity contribution in [2.45, 2.75) is 31.2 Å². The minimum Gasteiger partial charge on any atom is -0.384 e. The van der Waals surface area contributed by atoms with Crippen molar-refractivity contribution in [1.82, 2.24) is 9.71 Å². The first-order chi connectivity index (χ1) is 8.88. The number of nitrogens with one attached hydrogen (secondary N) is 2. The quantitative estimate of drug-likeness (QED) is 0.655. The Morgan fingerprint density at radius 2 is 2.21 bits per heavy atom. The fourth-order valence-corrected chi connectivity index (χ4v) is 2.69. The third kappa shape index (κ3) is 4.18. The van der Waals surface area contributed by atoms with Crippen molar-refractivity contribution < 1.29 is 13.2 Å². The highest BCUT2D eigenvalue weighted by atomic mass is 32.2. The molecule has 0 bridgehead atoms. The van der Waals surface area contributed by atoms with E-state index in [1.54, 1.807) is 6.07 Å². The molecule has 1 unspecified atom stereocenters. The topological polar surface area (TPSA) is 114 Å². The van der Waals surface area contributed by atoms with Gasteiger partial charge >= 0.3 is 0 Å². The van der Waals surface area contributed by atoms with E-state index in [1.807, 2.05) is 6.92 Å². The molecule has 19 heavy (non-hydrogen) atoms. The van der Waals surface area contributed by atoms with Crippen LogP contribution in [-0.2, 0) is 14.8 Å². The summed E-state index contributed by atoms with van der Waals surface area (Å²) in [5.74, 6) is -0.740. The highest BCUT2D eigenvalue weighted by Crippen LogP contribution is 2.19. The highest BCUT2D eigenvalue weighted by Gasteiger charge is 2.23. The summed E-state index contributed by atoms with van der Waals surface area (Å²) in [5, 5.41) is 3.00. The molecule has 0 aromatic carbocycles. The largest absolute Gasteiger partial charge is 0.384 e. The summed E-state index contributed by atoms with van der Waals surface area (Å²) in [6.07, 6.45) is 3.58. The monoisotopic (exact) mass is 286 g/mol. The molecule has 4 N–H and O–H groups in total. The molecule has 1 aromatic heterocycles. The summed E-state index contributed by atoms with van der Waals surface area (Å²) in [5.41, 5.74) is 5.49. The molecule has 0 aliphatic heterocycles. The Kier molecular flexibility index (Phi) is 5.25. The van der Waals surface area contributed by atoms with Crippen molar-refractivity contribution >= 4 is 21.6 Å². The van der Waals surface area contributed by atoms with E-state index in [1.165, 1.54) is 19.3 Å². The zero-order valence-corrected chi connectivity index (χ0v) is 11.7. The molecule has 1 atom stereocenters. The molecule has 106 valence electrons. The maximum absolute atomic E-state index is 12.1. The number of nitrogens with two attached hydrogens (primary N) is 1. The van der Waals surface area contributed by atoms with Crippen LogP contribution in [0.1, 0.15) is 20.3 Å². The Morgan fingerprint density at radius 3 is 2.79 bits per heavy atom. The lowest BCUT2D eigenvalue weighted by molar-refractivity contribution is -0.119. The molecule has 0 radical (unpaired) electrons. The predicted octanol–water partition coefficient (Wildman–Crippen LogP) is 0.0556. The first kappa shape index (κ1) is 15.4. The molecule has 7 nitrogen and oxygen atoms in total. The van der Waals surface area contributed by atoms with E-state index >= 15 is 0 Å². The average molecular weight is 286 g/mol. The minimum atomic E-state index is -3.84. The van der Waals surface area contributed by atoms with Crippen LogP contribution in [0.3, 0.4) is 0 Å². The zero-order valence-electron chi connectivity index (χ0n) is 10.9. The second kappa shape index (κ2) is 6.48. The van der Waals surface area contributed by atoms with E-state index in [4.69, 9.17) is 5.73 Å². The molecule has 1 amide bonds. The van der Waals surface area contributed by atoms with Crippen LogP contribution in [0.4, 0.5) is 5.69 Å². The van der Waals surface area contributed by atoms with Crippen molar-refractivity contribution in [3.05, 3.63) is 18.5 Å². The molecule has 0 aliphatic rings. The molecule has 0 spiro atoms. The third-order valence-corrected chi connectivity index (χ3v) is 3.97. The van der Waals surface area contributed by atoms with Gasteiger partial charge in [-0.25, -0.2) is 8.42 Å². The number of aromatic nitrogens is 1. The molecule has 0 saturated carbocycles. The first-order valence-corrected chi connectivity index (χ1v) is 7.36. The summed E-state index contributed by atoms with van der Waals surface area (Å²) in [7, 11) is -3.84. The zero-order chi connectivity index (χ0) is 14.5. The van der Waals surface area contributed by atoms with Crippen molar-refractivity contribution in [3.63, 3.8) is 0 Å². The number of carbonyl (C=O) groups is 1. The number of pyridine rings is 1. The summed E-state index contributed by atoms with van der Waals surface area (Å²) < 4.78 is 26.5. The number of hydrogen-bond donors (Lipinski definition) is 3. The summed E-state index contributed by atoms with van der Waals surface area (Å²) in [4.78, 5) is 14.7. The van der Waals surface area contributed by atoms with Crippen molar-refractivity contribution in [2.75, 3.05) is 11.9 Å². The molecule has 0 saturated heterocycles. The smallest absolute Gasteiger partial charge is 0.244 e. The van der Waals surface area contributed by atoms with Gasteiger partial charge in [-0.3, -0.25) is 9.78 Å². The van der Waals surface area contributed by atoms with Crippen LogP contribution < -0.4 is 15.8 Å². The normalized spacial score (nSPS) is 12.9. The molecule has 0 fully saturated rings. The fraction of sp³-hybridized carbons (Fsp3) is 0.455. The van der Waals surface area contributed by atoms with Gasteiger partial charge in [-0.05, 0) is 19.4 Å². The maximum Gasteiger partial charge on any atom is 0.244 e. The lowest BCUT2D eigenvalue weighted by Crippen LogP contribution is -2.42. The minimum absolute atomic E-state index is 0.00319. The summed E-state index contributed by atoms with van der Waals surface area (Å²) in [6, 6.07) is 0.586. The van der Waals surface area contributed by atoms with E-state index in [2.05, 4.69) is 15.0 Å². The van der Waals surface area contributed by atoms with E-state index in [0.717, 1.165) is 6.42 Å². The predicted molar refractivity (Wildman–Crippen MR) is 72.0 cm³/mol. The molecule has 0 aliphatic carbocycles. The number of rotatable bonds is 7. The molecule has 1 heterocycles. The second-order valence-corrected chi connectivity index (χ2v) is 5.73. The van der Waals surface area contributed by atoms with E-state index in [0.29, 0.717) is 12.2 Å². The summed E-state index contributed by atoms with van der Waals surface area (Å²) >= 11 is 0. The molecule has 1 rings (SSSR count). The van der Waals surface area contributed by atoms with Gasteiger partial charge in [0, 0.05) is 18.9 Å². The Labute approximate surface area is 112 Å². The highest BCUT2D eigenvalue weighted by molar-refractivity contribution is 7.89. The van der Waals surface area contributed by atoms with Crippen LogP contribution in [0.25, 0.3) is 0 Å². The first-order valence-electron chi connectivity index (χ1n) is 5.88. The van der Waals surface area contributed by atoms with Crippen LogP contribution >= 0.6 is 0 Å². The van der Waals surface area contributed by atoms with Gasteiger partial charge in [0.25, 0.3) is 0 Å². The van der Waals surface area contributed by atoms with Gasteiger partial charge in [0.05, 0.1) is 11.7 Å². The number of primary amides is 1. The molecular weight excluding hydrogens is 268 g/mol. The van der Waals surface area contributed by atoms with Gasteiger partial charge < -0.3 is 11.1 Å². The number of anilines is 1. The number of carbonyl (C=O) groups excluding carboxylic acids is 1. The van der Waals surface area contributed by atoms with E-state index in [-0.39, 0.29) is 4.90 Å². The maximum atomic E-state index is 12.1. The van der Waals surface area contributed by atoms with Crippen molar-refractivity contribution in [3.8, 4) is 0 Å². The average Bonchev–Trinajstić information content (AvgIpc) is 2.36. The lowest BCUT2D eigenvalue weighted by Gasteiger charge is -2.14. The van der Waals surface area contributed by atoms with E-state index < -0.39 is 22.0 Å². The number of nitrogens with zero attached hydrogens (tertiary/aromatic N) is 1. The number of amides is 1. The van der Waals surface area contributed by atoms with Gasteiger partial charge in [0.2, 0.25) is 15.9 Å². The summed E-state index contributed by atoms with van der Waals surface area (Å²) in [6.45, 7) is 3.99. The van der Waals surface area contributed by atoms with Crippen LogP contribution in [0, 0.1) is 0 Å². The molecular formula is C11H18N4O3S. The Hall–Kier alpha value is -1.67. The van der Waals surface area contributed by atoms with Crippen molar-refractivity contribution in [1.29, 1.82) is 0 Å². The number of hydrogen-bond acceptors (Lipinski definition) is 5.